The molecule has 1 aliphatic rings. The molecule has 0 bridgehead atoms. The van der Waals surface area contributed by atoms with Crippen LogP contribution >= 0.6 is 0 Å². The number of rotatable bonds is 28. The van der Waals surface area contributed by atoms with Gasteiger partial charge in [-0.3, -0.25) is 52.8 Å². The Morgan fingerprint density at radius 2 is 1.26 bits per heavy atom. The summed E-state index contributed by atoms with van der Waals surface area (Å²) in [6.07, 6.45) is -5.08. The summed E-state index contributed by atoms with van der Waals surface area (Å²) in [5.74, 6) is -14.7. The maximum absolute atomic E-state index is 15.4. The zero-order valence-electron chi connectivity index (χ0n) is 46.9. The number of nitrogens with zero attached hydrogens (tertiary/aromatic N) is 3. The number of hydrogen-bond acceptors (Lipinski definition) is 14. The van der Waals surface area contributed by atoms with Crippen molar-refractivity contribution in [2.45, 2.75) is 83.5 Å². The highest BCUT2D eigenvalue weighted by Crippen LogP contribution is 2.41. The highest BCUT2D eigenvalue weighted by molar-refractivity contribution is 6.14. The number of carbonyl (C=O) groups excluding carboxylic acids is 10. The number of alkyl carbamates (subject to hydrolysis) is 1. The number of carboxylic acids is 2. The maximum Gasteiger partial charge on any atom is 0.490 e. The number of amides is 10. The molecule has 468 valence electrons. The van der Waals surface area contributed by atoms with E-state index in [0.717, 1.165) is 35.9 Å². The number of hydrogen-bond donors (Lipinski definition) is 10. The van der Waals surface area contributed by atoms with Crippen LogP contribution in [-0.2, 0) is 70.6 Å². The van der Waals surface area contributed by atoms with Gasteiger partial charge in [0, 0.05) is 61.3 Å². The molecule has 31 heteroatoms. The lowest BCUT2D eigenvalue weighted by Gasteiger charge is -2.41. The summed E-state index contributed by atoms with van der Waals surface area (Å²) in [6.45, 7) is 1.71. The van der Waals surface area contributed by atoms with Gasteiger partial charge in [0.15, 0.2) is 0 Å². The number of aliphatic carboxylic acids is 2. The Kier molecular flexibility index (Phi) is 25.8. The molecule has 4 atom stereocenters. The summed E-state index contributed by atoms with van der Waals surface area (Å²) in [6, 6.07) is 15.4. The van der Waals surface area contributed by atoms with E-state index in [9.17, 15) is 80.5 Å². The van der Waals surface area contributed by atoms with E-state index in [4.69, 9.17) is 20.4 Å². The molecule has 1 aliphatic heterocycles. The van der Waals surface area contributed by atoms with Gasteiger partial charge < -0.3 is 67.2 Å². The lowest BCUT2D eigenvalue weighted by atomic mass is 9.82. The fraction of sp³-hybridized carbons (Fsp3) is 0.357. The van der Waals surface area contributed by atoms with Gasteiger partial charge in [-0.2, -0.15) is 13.2 Å². The standard InChI is InChI=1S/C54H62F2N10O14.C2HF3O2/c1-54(2,3)49(41-22-34(36-23-35(55)14-15-37(36)56)28-64(41)27-32-10-6-4-7-11-32)65(47(73)30-67)21-18-38(50(76)59-20-19-58-44(70)29-66-45(71)16-17-46(66)72)62-51(77)39(24-42(57)68)63-52(78)40(25-48(74)75)61-43(69)26-60-53(79)80-31-33-12-8-5-9-13-33;3-2(4,5)1(6)7/h4-17,22-23,28,38-40,49,67H,18-21,24-27,29-31H2,1-3H3,(H2,57,68)(H,58,70)(H,59,76)(H,60,79)(H,61,69)(H,62,77)(H,63,78)(H,74,75);(H,6,7)/t38?,39?,40-,49?;/m1./s1. The highest BCUT2D eigenvalue weighted by Gasteiger charge is 2.40. The minimum absolute atomic E-state index is 0.0977. The molecule has 0 fully saturated rings. The van der Waals surface area contributed by atoms with Gasteiger partial charge >= 0.3 is 24.2 Å². The first-order valence-electron chi connectivity index (χ1n) is 26.2. The second-order valence-corrected chi connectivity index (χ2v) is 20.2. The molecular formula is C56H63F5N10O16. The number of nitrogens with one attached hydrogen (secondary N) is 6. The molecule has 0 radical (unpaired) electrons. The van der Waals surface area contributed by atoms with Gasteiger partial charge in [0.25, 0.3) is 11.8 Å². The Labute approximate surface area is 492 Å². The summed E-state index contributed by atoms with van der Waals surface area (Å²) in [5, 5.41) is 41.1. The van der Waals surface area contributed by atoms with Crippen LogP contribution in [0.2, 0.25) is 0 Å². The van der Waals surface area contributed by atoms with Crippen LogP contribution in [0.1, 0.15) is 62.9 Å². The number of aliphatic hydroxyl groups is 1. The first-order valence-corrected chi connectivity index (χ1v) is 26.2. The van der Waals surface area contributed by atoms with Crippen LogP contribution in [0.25, 0.3) is 11.1 Å². The number of primary amides is 1. The van der Waals surface area contributed by atoms with Crippen molar-refractivity contribution in [2.24, 2.45) is 11.1 Å². The van der Waals surface area contributed by atoms with Crippen molar-refractivity contribution in [2.75, 3.05) is 39.3 Å². The SMILES string of the molecule is CC(C)(C)C(c1cc(-c2cc(F)ccc2F)cn1Cc1ccccc1)N(CCC(NC(=O)C(CC(N)=O)NC(=O)[C@@H](CC(=O)O)NC(=O)CNC(=O)OCc1ccccc1)C(=O)NCCNC(=O)CN1C(=O)C=CC1=O)C(=O)CO.O=C(O)C(F)(F)F. The number of imide groups is 1. The van der Waals surface area contributed by atoms with Crippen molar-refractivity contribution in [3.63, 3.8) is 0 Å². The molecule has 10 amide bonds. The van der Waals surface area contributed by atoms with Crippen molar-refractivity contribution >= 4 is 71.2 Å². The number of nitrogens with two attached hydrogens (primary N) is 1. The smallest absolute Gasteiger partial charge is 0.481 e. The van der Waals surface area contributed by atoms with Crippen molar-refractivity contribution in [1.29, 1.82) is 0 Å². The molecule has 1 aromatic heterocycles. The average molecular weight is 1230 g/mol. The minimum Gasteiger partial charge on any atom is -0.481 e. The fourth-order valence-corrected chi connectivity index (χ4v) is 8.45. The molecule has 5 rings (SSSR count). The predicted octanol–water partition coefficient (Wildman–Crippen LogP) is 1.30. The number of halogens is 5. The number of carbonyl (C=O) groups is 12. The normalized spacial score (nSPS) is 13.3. The summed E-state index contributed by atoms with van der Waals surface area (Å²) < 4.78 is 68.5. The van der Waals surface area contributed by atoms with E-state index < -0.39 is 164 Å². The van der Waals surface area contributed by atoms with Crippen molar-refractivity contribution in [1.82, 2.24) is 46.3 Å². The van der Waals surface area contributed by atoms with Gasteiger partial charge in [0.05, 0.1) is 18.9 Å². The second-order valence-electron chi connectivity index (χ2n) is 20.2. The molecular weight excluding hydrogens is 1160 g/mol. The third kappa shape index (κ3) is 22.5. The van der Waals surface area contributed by atoms with E-state index in [0.29, 0.717) is 16.2 Å². The van der Waals surface area contributed by atoms with Crippen LogP contribution in [0, 0.1) is 17.0 Å². The fourth-order valence-electron chi connectivity index (χ4n) is 8.45. The Bertz CT molecular complexity index is 3180. The predicted molar refractivity (Wildman–Crippen MR) is 293 cm³/mol. The van der Waals surface area contributed by atoms with Gasteiger partial charge in [0.2, 0.25) is 41.4 Å². The summed E-state index contributed by atoms with van der Waals surface area (Å²) in [5.41, 5.74) is 6.44. The Morgan fingerprint density at radius 1 is 0.701 bits per heavy atom. The van der Waals surface area contributed by atoms with E-state index in [1.54, 1.807) is 86.1 Å². The van der Waals surface area contributed by atoms with E-state index in [2.05, 4.69) is 31.9 Å². The number of aliphatic hydroxyl groups excluding tert-OH is 1. The molecule has 3 unspecified atom stereocenters. The molecule has 0 spiro atoms. The van der Waals surface area contributed by atoms with Crippen LogP contribution < -0.4 is 37.6 Å². The first kappa shape index (κ1) is 69.4. The van der Waals surface area contributed by atoms with Crippen LogP contribution in [0.3, 0.4) is 0 Å². The summed E-state index contributed by atoms with van der Waals surface area (Å²) >= 11 is 0. The molecule has 11 N–H and O–H groups in total. The topological polar surface area (TPSA) is 384 Å². The Morgan fingerprint density at radius 3 is 1.82 bits per heavy atom. The molecule has 3 aromatic carbocycles. The lowest BCUT2D eigenvalue weighted by Crippen LogP contribution is -2.58. The Hall–Kier alpha value is -10.1. The number of alkyl halides is 3. The summed E-state index contributed by atoms with van der Waals surface area (Å²) in [4.78, 5) is 153. The monoisotopic (exact) mass is 1230 g/mol. The third-order valence-corrected chi connectivity index (χ3v) is 12.4. The van der Waals surface area contributed by atoms with Crippen LogP contribution in [0.4, 0.5) is 26.7 Å². The van der Waals surface area contributed by atoms with Crippen LogP contribution in [-0.4, -0.2) is 165 Å². The van der Waals surface area contributed by atoms with Gasteiger partial charge in [-0.05, 0) is 47.2 Å². The van der Waals surface area contributed by atoms with Crippen molar-refractivity contribution in [3.8, 4) is 11.1 Å². The largest absolute Gasteiger partial charge is 0.490 e. The molecule has 0 saturated heterocycles. The molecule has 2 heterocycles. The quantitative estimate of drug-likeness (QED) is 0.0218. The summed E-state index contributed by atoms with van der Waals surface area (Å²) in [7, 11) is 0. The number of carboxylic acid groups (broad SMARTS) is 2. The third-order valence-electron chi connectivity index (χ3n) is 12.4. The average Bonchev–Trinajstić information content (AvgIpc) is 2.77. The molecule has 0 aliphatic carbocycles. The maximum atomic E-state index is 15.4. The molecule has 4 aromatic rings. The van der Waals surface area contributed by atoms with Crippen LogP contribution in [0.15, 0.2) is 103 Å². The Balaban J connectivity index is 0.00000217. The van der Waals surface area contributed by atoms with Crippen molar-refractivity contribution in [3.05, 3.63) is 132 Å². The highest BCUT2D eigenvalue weighted by atomic mass is 19.4. The zero-order valence-corrected chi connectivity index (χ0v) is 46.9. The number of benzene rings is 3. The van der Waals surface area contributed by atoms with E-state index >= 15 is 4.39 Å². The van der Waals surface area contributed by atoms with Gasteiger partial charge in [-0.1, -0.05) is 81.4 Å². The molecule has 0 saturated carbocycles. The van der Waals surface area contributed by atoms with E-state index in [1.165, 1.54) is 4.90 Å². The van der Waals surface area contributed by atoms with Crippen LogP contribution in [0.5, 0.6) is 0 Å². The van der Waals surface area contributed by atoms with Crippen molar-refractivity contribution < 1.29 is 99.5 Å². The molecule has 87 heavy (non-hydrogen) atoms. The lowest BCUT2D eigenvalue weighted by molar-refractivity contribution is -0.192. The van der Waals surface area contributed by atoms with Gasteiger partial charge in [0.1, 0.15) is 56.1 Å². The van der Waals surface area contributed by atoms with Gasteiger partial charge in [-0.15, -0.1) is 0 Å². The first-order chi connectivity index (χ1) is 40.9. The van der Waals surface area contributed by atoms with E-state index in [1.807, 2.05) is 12.1 Å². The molecule has 26 nitrogen and oxygen atoms in total. The number of aromatic nitrogens is 1. The zero-order chi connectivity index (χ0) is 64.8. The second kappa shape index (κ2) is 32.3. The minimum atomic E-state index is -5.08. The number of ether oxygens (including phenoxy) is 1. The van der Waals surface area contributed by atoms with Gasteiger partial charge in [-0.25, -0.2) is 18.4 Å². The van der Waals surface area contributed by atoms with E-state index in [-0.39, 0.29) is 37.4 Å².